The topological polar surface area (TPSA) is 214 Å². The lowest BCUT2D eigenvalue weighted by atomic mass is 9.92. The van der Waals surface area contributed by atoms with Gasteiger partial charge in [-0.3, -0.25) is 9.59 Å². The summed E-state index contributed by atoms with van der Waals surface area (Å²) in [5.74, 6) is -6.50. The van der Waals surface area contributed by atoms with Gasteiger partial charge in [0.1, 0.15) is 63.7 Å². The van der Waals surface area contributed by atoms with Crippen LogP contribution >= 0.6 is 0 Å². The Kier molecular flexibility index (Phi) is 22.3. The SMILES string of the molecule is C=CC(=O)OCC(COC(=O)C=C)(COC(=O)C=C)COC(=O)CCN(C)CCC(=O)OCC(COC(=O)C=C)(COC(=O)C=C)COC(=O)C=C. The van der Waals surface area contributed by atoms with E-state index in [4.69, 9.17) is 37.9 Å². The van der Waals surface area contributed by atoms with Gasteiger partial charge in [-0.05, 0) is 7.05 Å². The standard InChI is InChI=1S/C35H45NO16/c1-8-26(37)45-18-34(19-46-27(38)9-2,20-47-28(39)10-3)24-51-32(43)14-16-36(7)17-15-33(44)52-25-35(21-48-29(40)11-4,22-49-30(41)12-5)23-50-31(42)13-6/h8-13H,1-6,14-25H2,7H3. The molecule has 0 N–H and O–H groups in total. The summed E-state index contributed by atoms with van der Waals surface area (Å²) in [5, 5.41) is 0. The van der Waals surface area contributed by atoms with Gasteiger partial charge in [0.15, 0.2) is 0 Å². The Morgan fingerprint density at radius 1 is 0.404 bits per heavy atom. The summed E-state index contributed by atoms with van der Waals surface area (Å²) in [4.78, 5) is 97.5. The van der Waals surface area contributed by atoms with E-state index in [2.05, 4.69) is 39.5 Å². The molecular weight excluding hydrogens is 690 g/mol. The van der Waals surface area contributed by atoms with Gasteiger partial charge in [0, 0.05) is 49.5 Å². The summed E-state index contributed by atoms with van der Waals surface area (Å²) in [7, 11) is 1.60. The van der Waals surface area contributed by atoms with Crippen LogP contribution < -0.4 is 0 Å². The largest absolute Gasteiger partial charge is 0.465 e. The molecule has 0 radical (unpaired) electrons. The van der Waals surface area contributed by atoms with Crippen LogP contribution in [0.15, 0.2) is 75.9 Å². The number of esters is 8. The smallest absolute Gasteiger partial charge is 0.330 e. The number of rotatable bonds is 28. The molecule has 286 valence electrons. The van der Waals surface area contributed by atoms with Crippen molar-refractivity contribution in [3.05, 3.63) is 75.9 Å². The fourth-order valence-corrected chi connectivity index (χ4v) is 3.49. The molecule has 52 heavy (non-hydrogen) atoms. The van der Waals surface area contributed by atoms with Gasteiger partial charge >= 0.3 is 47.8 Å². The number of nitrogens with zero attached hydrogens (tertiary/aromatic N) is 1. The molecule has 0 spiro atoms. The molecule has 17 heteroatoms. The first kappa shape index (κ1) is 46.2. The van der Waals surface area contributed by atoms with Crippen molar-refractivity contribution in [2.45, 2.75) is 12.8 Å². The number of hydrogen-bond donors (Lipinski definition) is 0. The number of carbonyl (C=O) groups excluding carboxylic acids is 8. The molecule has 0 heterocycles. The van der Waals surface area contributed by atoms with Crippen LogP contribution in [0.5, 0.6) is 0 Å². The lowest BCUT2D eigenvalue weighted by Crippen LogP contribution is -2.44. The van der Waals surface area contributed by atoms with Crippen LogP contribution in [-0.4, -0.2) is 126 Å². The number of hydrogen-bond acceptors (Lipinski definition) is 17. The second-order valence-corrected chi connectivity index (χ2v) is 11.0. The average Bonchev–Trinajstić information content (AvgIpc) is 3.16. The third-order valence-corrected chi connectivity index (χ3v) is 6.60. The van der Waals surface area contributed by atoms with E-state index in [1.165, 1.54) is 0 Å². The van der Waals surface area contributed by atoms with Crippen molar-refractivity contribution in [2.24, 2.45) is 10.8 Å². The third kappa shape index (κ3) is 20.0. The normalized spacial score (nSPS) is 10.7. The van der Waals surface area contributed by atoms with Crippen molar-refractivity contribution < 1.29 is 76.3 Å². The lowest BCUT2D eigenvalue weighted by Gasteiger charge is -2.31. The Bertz CT molecular complexity index is 1130. The van der Waals surface area contributed by atoms with Crippen molar-refractivity contribution in [3.8, 4) is 0 Å². The Labute approximate surface area is 301 Å². The van der Waals surface area contributed by atoms with Gasteiger partial charge < -0.3 is 42.8 Å². The third-order valence-electron chi connectivity index (χ3n) is 6.60. The molecule has 0 bridgehead atoms. The van der Waals surface area contributed by atoms with Gasteiger partial charge in [0.05, 0.1) is 12.8 Å². The highest BCUT2D eigenvalue weighted by atomic mass is 16.6. The lowest BCUT2D eigenvalue weighted by molar-refractivity contribution is -0.169. The summed E-state index contributed by atoms with van der Waals surface area (Å²) in [6.45, 7) is 16.0. The second-order valence-electron chi connectivity index (χ2n) is 11.0. The predicted molar refractivity (Wildman–Crippen MR) is 180 cm³/mol. The summed E-state index contributed by atoms with van der Waals surface area (Å²) in [5.41, 5.74) is -3.01. The molecule has 0 aliphatic carbocycles. The van der Waals surface area contributed by atoms with E-state index in [1.54, 1.807) is 11.9 Å². The molecule has 0 aromatic heterocycles. The summed E-state index contributed by atoms with van der Waals surface area (Å²) < 4.78 is 41.3. The monoisotopic (exact) mass is 735 g/mol. The zero-order valence-corrected chi connectivity index (χ0v) is 29.2. The fraction of sp³-hybridized carbons (Fsp3) is 0.429. The van der Waals surface area contributed by atoms with Crippen molar-refractivity contribution in [3.63, 3.8) is 0 Å². The molecular formula is C35H45NO16. The summed E-state index contributed by atoms with van der Waals surface area (Å²) in [6, 6.07) is 0. The molecule has 17 nitrogen and oxygen atoms in total. The van der Waals surface area contributed by atoms with E-state index in [9.17, 15) is 38.4 Å². The van der Waals surface area contributed by atoms with Crippen LogP contribution in [0.2, 0.25) is 0 Å². The Morgan fingerprint density at radius 2 is 0.596 bits per heavy atom. The Balaban J connectivity index is 5.45. The van der Waals surface area contributed by atoms with Crippen molar-refractivity contribution >= 4 is 47.8 Å². The molecule has 0 atom stereocenters. The van der Waals surface area contributed by atoms with E-state index in [0.29, 0.717) is 0 Å². The van der Waals surface area contributed by atoms with E-state index in [1.807, 2.05) is 0 Å². The molecule has 0 aromatic rings. The quantitative estimate of drug-likeness (QED) is 0.0626. The molecule has 0 rings (SSSR count). The van der Waals surface area contributed by atoms with Crippen LogP contribution in [0, 0.1) is 10.8 Å². The second kappa shape index (κ2) is 25.2. The maximum Gasteiger partial charge on any atom is 0.330 e. The highest BCUT2D eigenvalue weighted by Crippen LogP contribution is 2.23. The van der Waals surface area contributed by atoms with Crippen LogP contribution in [0.25, 0.3) is 0 Å². The molecule has 0 amide bonds. The maximum absolute atomic E-state index is 12.7. The van der Waals surface area contributed by atoms with Crippen LogP contribution in [0.1, 0.15) is 12.8 Å². The minimum atomic E-state index is -1.51. The minimum absolute atomic E-state index is 0.0952. The maximum atomic E-state index is 12.7. The van der Waals surface area contributed by atoms with Gasteiger partial charge in [-0.15, -0.1) is 0 Å². The average molecular weight is 736 g/mol. The predicted octanol–water partition coefficient (Wildman–Crippen LogP) is 1.13. The molecule has 0 saturated heterocycles. The van der Waals surface area contributed by atoms with E-state index in [-0.39, 0.29) is 25.9 Å². The van der Waals surface area contributed by atoms with Crippen LogP contribution in [-0.2, 0) is 76.3 Å². The van der Waals surface area contributed by atoms with E-state index >= 15 is 0 Å². The number of carbonyl (C=O) groups is 8. The highest BCUT2D eigenvalue weighted by molar-refractivity contribution is 5.83. The molecule has 0 fully saturated rings. The molecule has 0 aliphatic heterocycles. The first-order chi connectivity index (χ1) is 24.6. The van der Waals surface area contributed by atoms with Gasteiger partial charge in [-0.1, -0.05) is 39.5 Å². The van der Waals surface area contributed by atoms with Gasteiger partial charge in [0.2, 0.25) is 0 Å². The van der Waals surface area contributed by atoms with Gasteiger partial charge in [-0.2, -0.15) is 0 Å². The molecule has 0 saturated carbocycles. The molecule has 0 aliphatic rings. The first-order valence-electron chi connectivity index (χ1n) is 15.4. The summed E-state index contributed by atoms with van der Waals surface area (Å²) in [6.07, 6.45) is 4.92. The first-order valence-corrected chi connectivity index (χ1v) is 15.4. The zero-order chi connectivity index (χ0) is 39.6. The van der Waals surface area contributed by atoms with Gasteiger partial charge in [-0.25, -0.2) is 28.8 Å². The minimum Gasteiger partial charge on any atom is -0.465 e. The Morgan fingerprint density at radius 3 is 0.788 bits per heavy atom. The van der Waals surface area contributed by atoms with Crippen molar-refractivity contribution in [2.75, 3.05) is 73.0 Å². The molecule has 0 unspecified atom stereocenters. The van der Waals surface area contributed by atoms with Crippen molar-refractivity contribution in [1.29, 1.82) is 0 Å². The highest BCUT2D eigenvalue weighted by Gasteiger charge is 2.39. The van der Waals surface area contributed by atoms with E-state index in [0.717, 1.165) is 36.5 Å². The fourth-order valence-electron chi connectivity index (χ4n) is 3.49. The van der Waals surface area contributed by atoms with Crippen molar-refractivity contribution in [1.82, 2.24) is 4.90 Å². The van der Waals surface area contributed by atoms with Gasteiger partial charge in [0.25, 0.3) is 0 Å². The van der Waals surface area contributed by atoms with Crippen LogP contribution in [0.3, 0.4) is 0 Å². The number of ether oxygens (including phenoxy) is 8. The van der Waals surface area contributed by atoms with E-state index < -0.39 is 111 Å². The zero-order valence-electron chi connectivity index (χ0n) is 29.2. The Hall–Kier alpha value is -5.84. The van der Waals surface area contributed by atoms with Crippen LogP contribution in [0.4, 0.5) is 0 Å². The molecule has 0 aromatic carbocycles. The summed E-state index contributed by atoms with van der Waals surface area (Å²) >= 11 is 0.